The highest BCUT2D eigenvalue weighted by Gasteiger charge is 2.13. The van der Waals surface area contributed by atoms with Crippen molar-refractivity contribution >= 4 is 34.4 Å². The van der Waals surface area contributed by atoms with Gasteiger partial charge < -0.3 is 9.88 Å². The van der Waals surface area contributed by atoms with E-state index in [2.05, 4.69) is 16.4 Å². The Morgan fingerprint density at radius 2 is 1.88 bits per heavy atom. The molecule has 1 amide bonds. The molecule has 1 heterocycles. The summed E-state index contributed by atoms with van der Waals surface area (Å²) >= 11 is 1.70. The second-order valence-electron chi connectivity index (χ2n) is 5.96. The molecule has 3 rings (SSSR count). The zero-order valence-corrected chi connectivity index (χ0v) is 15.0. The number of nitrogens with one attached hydrogen (secondary N) is 1. The molecule has 0 unspecified atom stereocenters. The smallest absolute Gasteiger partial charge is 0.244 e. The van der Waals surface area contributed by atoms with Gasteiger partial charge in [0.15, 0.2) is 0 Å². The van der Waals surface area contributed by atoms with Crippen LogP contribution in [0, 0.1) is 13.8 Å². The van der Waals surface area contributed by atoms with Crippen LogP contribution in [0.2, 0.25) is 0 Å². The van der Waals surface area contributed by atoms with Gasteiger partial charge in [-0.2, -0.15) is 11.8 Å². The maximum absolute atomic E-state index is 12.5. The molecule has 0 saturated heterocycles. The van der Waals surface area contributed by atoms with Gasteiger partial charge in [0.25, 0.3) is 0 Å². The first-order chi connectivity index (χ1) is 11.6. The van der Waals surface area contributed by atoms with E-state index < -0.39 is 0 Å². The van der Waals surface area contributed by atoms with Gasteiger partial charge in [-0.3, -0.25) is 4.79 Å². The molecule has 4 nitrogen and oxygen atoms in total. The Kier molecular flexibility index (Phi) is 4.90. The van der Waals surface area contributed by atoms with Crippen molar-refractivity contribution in [1.29, 1.82) is 0 Å². The molecule has 1 aromatic heterocycles. The van der Waals surface area contributed by atoms with E-state index in [1.54, 1.807) is 11.8 Å². The number of hydrogen-bond acceptors (Lipinski definition) is 3. The number of anilines is 1. The first kappa shape index (κ1) is 16.6. The van der Waals surface area contributed by atoms with Crippen LogP contribution in [0.15, 0.2) is 42.5 Å². The normalized spacial score (nSPS) is 11.0. The average molecular weight is 339 g/mol. The second-order valence-corrected chi connectivity index (χ2v) is 6.83. The van der Waals surface area contributed by atoms with E-state index >= 15 is 0 Å². The van der Waals surface area contributed by atoms with Crippen LogP contribution in [0.1, 0.15) is 17.0 Å². The van der Waals surface area contributed by atoms with Crippen LogP contribution in [0.3, 0.4) is 0 Å². The Hall–Kier alpha value is -2.27. The molecule has 5 heteroatoms. The van der Waals surface area contributed by atoms with E-state index in [-0.39, 0.29) is 12.5 Å². The fourth-order valence-corrected chi connectivity index (χ4v) is 3.41. The third-order valence-electron chi connectivity index (χ3n) is 3.81. The van der Waals surface area contributed by atoms with E-state index in [0.29, 0.717) is 0 Å². The largest absolute Gasteiger partial charge is 0.325 e. The zero-order chi connectivity index (χ0) is 17.1. The quantitative estimate of drug-likeness (QED) is 0.759. The molecule has 0 aliphatic carbocycles. The topological polar surface area (TPSA) is 46.9 Å². The number of aryl methyl sites for hydroxylation is 2. The first-order valence-electron chi connectivity index (χ1n) is 7.88. The van der Waals surface area contributed by atoms with Crippen LogP contribution in [0.25, 0.3) is 11.0 Å². The predicted molar refractivity (Wildman–Crippen MR) is 101 cm³/mol. The fraction of sp³-hybridized carbons (Fsp3) is 0.263. The summed E-state index contributed by atoms with van der Waals surface area (Å²) in [4.78, 5) is 17.2. The first-order valence-corrected chi connectivity index (χ1v) is 9.27. The van der Waals surface area contributed by atoms with E-state index in [0.717, 1.165) is 39.4 Å². The van der Waals surface area contributed by atoms with Crippen molar-refractivity contribution in [2.45, 2.75) is 26.1 Å². The maximum Gasteiger partial charge on any atom is 0.244 e. The number of imidazole rings is 1. The Bertz CT molecular complexity index is 865. The SMILES string of the molecule is CSCc1nc2ccccc2n1CC(=O)Nc1cc(C)cc(C)c1. The zero-order valence-electron chi connectivity index (χ0n) is 14.2. The Labute approximate surface area is 146 Å². The van der Waals surface area contributed by atoms with Crippen molar-refractivity contribution in [2.75, 3.05) is 11.6 Å². The molecule has 0 aliphatic heterocycles. The molecule has 2 aromatic carbocycles. The molecular weight excluding hydrogens is 318 g/mol. The van der Waals surface area contributed by atoms with Crippen LogP contribution in [0.5, 0.6) is 0 Å². The molecule has 24 heavy (non-hydrogen) atoms. The molecule has 1 N–H and O–H groups in total. The van der Waals surface area contributed by atoms with Crippen molar-refractivity contribution in [1.82, 2.24) is 9.55 Å². The van der Waals surface area contributed by atoms with E-state index in [1.165, 1.54) is 0 Å². The molecule has 0 bridgehead atoms. The van der Waals surface area contributed by atoms with Crippen LogP contribution in [-0.4, -0.2) is 21.7 Å². The van der Waals surface area contributed by atoms with Gasteiger partial charge in [-0.05, 0) is 55.5 Å². The van der Waals surface area contributed by atoms with Crippen molar-refractivity contribution in [3.8, 4) is 0 Å². The maximum atomic E-state index is 12.5. The predicted octanol–water partition coefficient (Wildman–Crippen LogP) is 4.15. The summed E-state index contributed by atoms with van der Waals surface area (Å²) in [6.45, 7) is 4.33. The number of carbonyl (C=O) groups is 1. The third-order valence-corrected chi connectivity index (χ3v) is 4.36. The van der Waals surface area contributed by atoms with Gasteiger partial charge in [0.05, 0.1) is 16.8 Å². The van der Waals surface area contributed by atoms with Crippen LogP contribution in [-0.2, 0) is 17.1 Å². The molecule has 0 radical (unpaired) electrons. The lowest BCUT2D eigenvalue weighted by molar-refractivity contribution is -0.116. The van der Waals surface area contributed by atoms with Crippen molar-refractivity contribution in [3.05, 3.63) is 59.4 Å². The summed E-state index contributed by atoms with van der Waals surface area (Å²) in [7, 11) is 0. The average Bonchev–Trinajstić information content (AvgIpc) is 2.84. The summed E-state index contributed by atoms with van der Waals surface area (Å²) < 4.78 is 2.00. The van der Waals surface area contributed by atoms with E-state index in [4.69, 9.17) is 0 Å². The van der Waals surface area contributed by atoms with Crippen molar-refractivity contribution < 1.29 is 4.79 Å². The Morgan fingerprint density at radius 1 is 1.17 bits per heavy atom. The number of thioether (sulfide) groups is 1. The van der Waals surface area contributed by atoms with Gasteiger partial charge >= 0.3 is 0 Å². The monoisotopic (exact) mass is 339 g/mol. The summed E-state index contributed by atoms with van der Waals surface area (Å²) in [5, 5.41) is 3.00. The minimum atomic E-state index is -0.0366. The minimum absolute atomic E-state index is 0.0366. The number of fused-ring (bicyclic) bond motifs is 1. The van der Waals surface area contributed by atoms with Crippen molar-refractivity contribution in [2.24, 2.45) is 0 Å². The highest BCUT2D eigenvalue weighted by atomic mass is 32.2. The summed E-state index contributed by atoms with van der Waals surface area (Å²) in [6.07, 6.45) is 2.04. The van der Waals surface area contributed by atoms with Crippen molar-refractivity contribution in [3.63, 3.8) is 0 Å². The van der Waals surface area contributed by atoms with Gasteiger partial charge in [0.2, 0.25) is 5.91 Å². The van der Waals surface area contributed by atoms with Gasteiger partial charge in [-0.25, -0.2) is 4.98 Å². The summed E-state index contributed by atoms with van der Waals surface area (Å²) in [5.74, 6) is 1.68. The van der Waals surface area contributed by atoms with E-state index in [9.17, 15) is 4.79 Å². The Morgan fingerprint density at radius 3 is 2.58 bits per heavy atom. The second kappa shape index (κ2) is 7.09. The molecule has 0 atom stereocenters. The molecule has 0 spiro atoms. The number of benzene rings is 2. The number of nitrogens with zero attached hydrogens (tertiary/aromatic N) is 2. The number of hydrogen-bond donors (Lipinski definition) is 1. The number of amides is 1. The lowest BCUT2D eigenvalue weighted by Crippen LogP contribution is -2.20. The molecule has 0 fully saturated rings. The van der Waals surface area contributed by atoms with E-state index in [1.807, 2.05) is 61.1 Å². The molecular formula is C19H21N3OS. The highest BCUT2D eigenvalue weighted by Crippen LogP contribution is 2.19. The molecule has 124 valence electrons. The van der Waals surface area contributed by atoms with Crippen LogP contribution in [0.4, 0.5) is 5.69 Å². The van der Waals surface area contributed by atoms with Gasteiger partial charge in [0.1, 0.15) is 12.4 Å². The standard InChI is InChI=1S/C19H21N3OS/c1-13-8-14(2)10-15(9-13)20-19(23)11-22-17-7-5-4-6-16(17)21-18(22)12-24-3/h4-10H,11-12H2,1-3H3,(H,20,23). The number of aromatic nitrogens is 2. The number of carbonyl (C=O) groups excluding carboxylic acids is 1. The Balaban J connectivity index is 1.85. The van der Waals surface area contributed by atoms with Crippen LogP contribution >= 0.6 is 11.8 Å². The number of rotatable bonds is 5. The lowest BCUT2D eigenvalue weighted by Gasteiger charge is -2.11. The fourth-order valence-electron chi connectivity index (χ4n) is 2.93. The molecule has 0 saturated carbocycles. The van der Waals surface area contributed by atoms with Gasteiger partial charge in [-0.15, -0.1) is 0 Å². The van der Waals surface area contributed by atoms with Gasteiger partial charge in [0, 0.05) is 5.69 Å². The van der Waals surface area contributed by atoms with Gasteiger partial charge in [-0.1, -0.05) is 18.2 Å². The third kappa shape index (κ3) is 3.62. The minimum Gasteiger partial charge on any atom is -0.325 e. The summed E-state index contributed by atoms with van der Waals surface area (Å²) in [6, 6.07) is 14.0. The number of para-hydroxylation sites is 2. The highest BCUT2D eigenvalue weighted by molar-refractivity contribution is 7.97. The lowest BCUT2D eigenvalue weighted by atomic mass is 10.1. The summed E-state index contributed by atoms with van der Waals surface area (Å²) in [5.41, 5.74) is 5.05. The molecule has 0 aliphatic rings. The molecule has 3 aromatic rings. The van der Waals surface area contributed by atoms with Crippen LogP contribution < -0.4 is 5.32 Å².